The van der Waals surface area contributed by atoms with E-state index in [2.05, 4.69) is 83.1 Å². The van der Waals surface area contributed by atoms with Gasteiger partial charge in [-0.1, -0.05) is 42.5 Å². The van der Waals surface area contributed by atoms with Gasteiger partial charge in [0.15, 0.2) is 0 Å². The first kappa shape index (κ1) is 31.8. The highest BCUT2D eigenvalue weighted by Crippen LogP contribution is 2.40. The predicted molar refractivity (Wildman–Crippen MR) is 173 cm³/mol. The van der Waals surface area contributed by atoms with Gasteiger partial charge in [0.05, 0.1) is 7.11 Å². The second-order valence-corrected chi connectivity index (χ2v) is 14.3. The van der Waals surface area contributed by atoms with Gasteiger partial charge in [0.1, 0.15) is 11.4 Å². The Labute approximate surface area is 260 Å². The summed E-state index contributed by atoms with van der Waals surface area (Å²) < 4.78 is 11.0. The van der Waals surface area contributed by atoms with Crippen molar-refractivity contribution < 1.29 is 14.3 Å². The van der Waals surface area contributed by atoms with Crippen LogP contribution in [0.15, 0.2) is 54.6 Å². The fraction of sp³-hybridized carbons (Fsp3) is 0.639. The Hall–Kier alpha value is -2.61. The molecule has 3 fully saturated rings. The summed E-state index contributed by atoms with van der Waals surface area (Å²) in [6.07, 6.45) is 4.27. The number of hydrogen-bond acceptors (Lipinski definition) is 6. The van der Waals surface area contributed by atoms with E-state index in [4.69, 9.17) is 9.47 Å². The van der Waals surface area contributed by atoms with Crippen molar-refractivity contribution in [2.45, 2.75) is 90.1 Å². The fourth-order valence-corrected chi connectivity index (χ4v) is 7.55. The number of piperidine rings is 2. The number of likely N-dealkylation sites (tertiary alicyclic amines) is 2. The zero-order valence-corrected chi connectivity index (χ0v) is 27.4. The molecule has 3 aliphatic heterocycles. The average Bonchev–Trinajstić information content (AvgIpc) is 2.99. The molecule has 1 amide bonds. The van der Waals surface area contributed by atoms with Gasteiger partial charge in [-0.3, -0.25) is 14.7 Å². The maximum atomic E-state index is 12.6. The maximum Gasteiger partial charge on any atom is 0.410 e. The van der Waals surface area contributed by atoms with Gasteiger partial charge >= 0.3 is 6.09 Å². The van der Waals surface area contributed by atoms with Crippen LogP contribution in [0.2, 0.25) is 0 Å². The molecular weight excluding hydrogens is 536 g/mol. The van der Waals surface area contributed by atoms with E-state index in [1.807, 2.05) is 25.7 Å². The monoisotopic (exact) mass is 590 g/mol. The molecule has 2 atom stereocenters. The van der Waals surface area contributed by atoms with Gasteiger partial charge in [0.2, 0.25) is 0 Å². The summed E-state index contributed by atoms with van der Waals surface area (Å²) in [6, 6.07) is 20.7. The minimum atomic E-state index is -0.449. The molecule has 2 aromatic carbocycles. The molecule has 0 N–H and O–H groups in total. The third kappa shape index (κ3) is 7.92. The largest absolute Gasteiger partial charge is 0.497 e. The zero-order valence-electron chi connectivity index (χ0n) is 27.4. The number of hydrogen-bond donors (Lipinski definition) is 0. The van der Waals surface area contributed by atoms with Crippen LogP contribution in [0.5, 0.6) is 5.75 Å². The van der Waals surface area contributed by atoms with Crippen molar-refractivity contribution in [1.29, 1.82) is 0 Å². The molecule has 3 aliphatic rings. The third-order valence-corrected chi connectivity index (χ3v) is 10.1. The molecule has 0 aromatic heterocycles. The SMILES string of the molecule is COc1ccc(CN2CCN(C(c3ccccc3)C3CCN(C4(C)CCN(C(=O)OC(C)(C)C)CC4)CC3)C(C)C2)cc1. The van der Waals surface area contributed by atoms with E-state index in [1.165, 1.54) is 24.0 Å². The van der Waals surface area contributed by atoms with Crippen molar-refractivity contribution in [2.24, 2.45) is 5.92 Å². The summed E-state index contributed by atoms with van der Waals surface area (Å²) in [5.41, 5.74) is 2.51. The fourth-order valence-electron chi connectivity index (χ4n) is 7.55. The Morgan fingerprint density at radius 2 is 1.58 bits per heavy atom. The van der Waals surface area contributed by atoms with Crippen LogP contribution in [0.4, 0.5) is 4.79 Å². The maximum absolute atomic E-state index is 12.6. The van der Waals surface area contributed by atoms with Gasteiger partial charge < -0.3 is 14.4 Å². The molecule has 2 aromatic rings. The Balaban J connectivity index is 1.19. The minimum Gasteiger partial charge on any atom is -0.497 e. The van der Waals surface area contributed by atoms with Crippen LogP contribution in [-0.4, -0.2) is 95.8 Å². The lowest BCUT2D eigenvalue weighted by molar-refractivity contribution is -0.0280. The first-order valence-corrected chi connectivity index (χ1v) is 16.4. The summed E-state index contributed by atoms with van der Waals surface area (Å²) in [5, 5.41) is 0. The lowest BCUT2D eigenvalue weighted by Gasteiger charge is -2.52. The van der Waals surface area contributed by atoms with Crippen molar-refractivity contribution in [3.63, 3.8) is 0 Å². The molecule has 2 unspecified atom stereocenters. The molecule has 3 heterocycles. The number of nitrogens with zero attached hydrogens (tertiary/aromatic N) is 4. The zero-order chi connectivity index (χ0) is 30.6. The van der Waals surface area contributed by atoms with Crippen LogP contribution >= 0.6 is 0 Å². The molecular formula is C36H54N4O3. The lowest BCUT2D eigenvalue weighted by atomic mass is 9.80. The van der Waals surface area contributed by atoms with Gasteiger partial charge in [0.25, 0.3) is 0 Å². The van der Waals surface area contributed by atoms with E-state index in [9.17, 15) is 4.79 Å². The number of ether oxygens (including phenoxy) is 2. The molecule has 0 radical (unpaired) electrons. The molecule has 0 spiro atoms. The Morgan fingerprint density at radius 1 is 0.930 bits per heavy atom. The summed E-state index contributed by atoms with van der Waals surface area (Å²) in [5.74, 6) is 1.55. The van der Waals surface area contributed by atoms with Crippen LogP contribution in [0, 0.1) is 5.92 Å². The molecule has 0 saturated carbocycles. The van der Waals surface area contributed by atoms with Crippen molar-refractivity contribution in [3.05, 3.63) is 65.7 Å². The van der Waals surface area contributed by atoms with Crippen LogP contribution in [0.3, 0.4) is 0 Å². The lowest BCUT2D eigenvalue weighted by Crippen LogP contribution is -2.58. The molecule has 0 bridgehead atoms. The number of carbonyl (C=O) groups excluding carboxylic acids is 1. The molecule has 7 heteroatoms. The number of carbonyl (C=O) groups is 1. The summed E-state index contributed by atoms with van der Waals surface area (Å²) in [4.78, 5) is 22.7. The molecule has 3 saturated heterocycles. The van der Waals surface area contributed by atoms with E-state index in [0.717, 1.165) is 70.9 Å². The number of amides is 1. The summed E-state index contributed by atoms with van der Waals surface area (Å²) in [6.45, 7) is 18.7. The Kier molecular flexibility index (Phi) is 10.0. The first-order chi connectivity index (χ1) is 20.5. The molecule has 43 heavy (non-hydrogen) atoms. The van der Waals surface area contributed by atoms with Crippen LogP contribution in [0.1, 0.15) is 77.5 Å². The molecule has 236 valence electrons. The van der Waals surface area contributed by atoms with E-state index < -0.39 is 5.60 Å². The van der Waals surface area contributed by atoms with Crippen LogP contribution in [0.25, 0.3) is 0 Å². The number of piperazine rings is 1. The van der Waals surface area contributed by atoms with Gasteiger partial charge in [-0.05, 0) is 103 Å². The van der Waals surface area contributed by atoms with Crippen molar-refractivity contribution >= 4 is 6.09 Å². The molecule has 0 aliphatic carbocycles. The molecule has 7 nitrogen and oxygen atoms in total. The summed E-state index contributed by atoms with van der Waals surface area (Å²) in [7, 11) is 1.72. The second-order valence-electron chi connectivity index (χ2n) is 14.3. The van der Waals surface area contributed by atoms with Crippen molar-refractivity contribution in [2.75, 3.05) is 52.9 Å². The normalized spacial score (nSPS) is 23.6. The highest BCUT2D eigenvalue weighted by Gasteiger charge is 2.42. The Bertz CT molecular complexity index is 1170. The van der Waals surface area contributed by atoms with E-state index in [0.29, 0.717) is 18.0 Å². The predicted octanol–water partition coefficient (Wildman–Crippen LogP) is 6.44. The topological polar surface area (TPSA) is 48.5 Å². The van der Waals surface area contributed by atoms with E-state index in [-0.39, 0.29) is 11.6 Å². The number of benzene rings is 2. The standard InChI is InChI=1S/C36H54N4O3/c1-28-26-37(27-29-12-14-32(42-6)15-13-29)24-25-40(28)33(30-10-8-7-9-11-30)31-16-20-39(21-17-31)36(5)18-22-38(23-19-36)34(41)43-35(2,3)4/h7-15,28,31,33H,16-27H2,1-6H3. The van der Waals surface area contributed by atoms with Crippen LogP contribution < -0.4 is 4.74 Å². The number of methoxy groups -OCH3 is 1. The Morgan fingerprint density at radius 3 is 2.16 bits per heavy atom. The highest BCUT2D eigenvalue weighted by atomic mass is 16.6. The molecule has 5 rings (SSSR count). The van der Waals surface area contributed by atoms with E-state index >= 15 is 0 Å². The van der Waals surface area contributed by atoms with Gasteiger partial charge in [-0.25, -0.2) is 4.79 Å². The first-order valence-electron chi connectivity index (χ1n) is 16.4. The van der Waals surface area contributed by atoms with Gasteiger partial charge in [0, 0.05) is 56.9 Å². The van der Waals surface area contributed by atoms with Crippen molar-refractivity contribution in [1.82, 2.24) is 19.6 Å². The average molecular weight is 591 g/mol. The minimum absolute atomic E-state index is 0.145. The second kappa shape index (κ2) is 13.6. The third-order valence-electron chi connectivity index (χ3n) is 10.1. The van der Waals surface area contributed by atoms with Crippen molar-refractivity contribution in [3.8, 4) is 5.75 Å². The van der Waals surface area contributed by atoms with Gasteiger partial charge in [-0.2, -0.15) is 0 Å². The summed E-state index contributed by atoms with van der Waals surface area (Å²) >= 11 is 0. The van der Waals surface area contributed by atoms with Crippen LogP contribution in [-0.2, 0) is 11.3 Å². The van der Waals surface area contributed by atoms with Gasteiger partial charge in [-0.15, -0.1) is 0 Å². The highest BCUT2D eigenvalue weighted by molar-refractivity contribution is 5.68. The number of rotatable bonds is 7. The van der Waals surface area contributed by atoms with E-state index in [1.54, 1.807) is 7.11 Å². The quantitative estimate of drug-likeness (QED) is 0.370. The smallest absolute Gasteiger partial charge is 0.410 e.